The molecule has 4 rings (SSSR count). The van der Waals surface area contributed by atoms with E-state index in [4.69, 9.17) is 4.42 Å². The summed E-state index contributed by atoms with van der Waals surface area (Å²) in [6, 6.07) is 11.3. The predicted molar refractivity (Wildman–Crippen MR) is 129 cm³/mol. The number of carbonyl (C=O) groups excluding carboxylic acids is 1. The van der Waals surface area contributed by atoms with Crippen LogP contribution in [0.5, 0.6) is 0 Å². The van der Waals surface area contributed by atoms with E-state index in [9.17, 15) is 21.6 Å². The number of piperidine rings is 1. The maximum atomic E-state index is 13.1. The molecule has 0 atom stereocenters. The first kappa shape index (κ1) is 25.0. The van der Waals surface area contributed by atoms with Crippen molar-refractivity contribution in [3.8, 4) is 11.5 Å². The Morgan fingerprint density at radius 3 is 2.29 bits per heavy atom. The number of anilines is 1. The summed E-state index contributed by atoms with van der Waals surface area (Å²) >= 11 is 0. The van der Waals surface area contributed by atoms with Crippen molar-refractivity contribution in [3.05, 3.63) is 53.6 Å². The molecule has 12 heteroatoms. The van der Waals surface area contributed by atoms with Crippen LogP contribution in [-0.2, 0) is 24.7 Å². The van der Waals surface area contributed by atoms with Gasteiger partial charge < -0.3 is 4.42 Å². The Labute approximate surface area is 204 Å². The second-order valence-electron chi connectivity index (χ2n) is 8.62. The molecule has 0 bridgehead atoms. The average molecular weight is 519 g/mol. The second kappa shape index (κ2) is 9.51. The molecule has 0 spiro atoms. The SMILES string of the molecule is Cc1ccc(-c2nnc(NC(=O)C3CCN(S(=O)(=O)c4ccccc4S(C)(=O)=O)CC3)o2)c(C)c1. The normalized spacial score (nSPS) is 15.7. The largest absolute Gasteiger partial charge is 0.403 e. The molecule has 1 saturated heterocycles. The van der Waals surface area contributed by atoms with Crippen molar-refractivity contribution in [1.29, 1.82) is 0 Å². The smallest absolute Gasteiger partial charge is 0.322 e. The number of amides is 1. The zero-order valence-electron chi connectivity index (χ0n) is 19.6. The Morgan fingerprint density at radius 2 is 1.66 bits per heavy atom. The van der Waals surface area contributed by atoms with Gasteiger partial charge in [0.2, 0.25) is 21.8 Å². The van der Waals surface area contributed by atoms with Crippen molar-refractivity contribution < 1.29 is 26.0 Å². The molecular weight excluding hydrogens is 492 g/mol. The molecule has 3 aromatic rings. The van der Waals surface area contributed by atoms with Crippen LogP contribution in [0.25, 0.3) is 11.5 Å². The molecule has 1 aromatic heterocycles. The molecule has 1 amide bonds. The van der Waals surface area contributed by atoms with Crippen LogP contribution in [0.2, 0.25) is 0 Å². The highest BCUT2D eigenvalue weighted by Crippen LogP contribution is 2.29. The Kier molecular flexibility index (Phi) is 6.80. The topological polar surface area (TPSA) is 140 Å². The first-order valence-electron chi connectivity index (χ1n) is 11.0. The van der Waals surface area contributed by atoms with Crippen molar-refractivity contribution in [2.45, 2.75) is 36.5 Å². The van der Waals surface area contributed by atoms with Crippen LogP contribution in [0.4, 0.5) is 6.01 Å². The highest BCUT2D eigenvalue weighted by molar-refractivity contribution is 7.93. The zero-order valence-corrected chi connectivity index (χ0v) is 21.2. The van der Waals surface area contributed by atoms with Gasteiger partial charge in [-0.2, -0.15) is 4.31 Å². The highest BCUT2D eigenvalue weighted by atomic mass is 32.2. The van der Waals surface area contributed by atoms with Gasteiger partial charge in [-0.1, -0.05) is 34.9 Å². The molecule has 2 aromatic carbocycles. The number of sulfone groups is 1. The number of nitrogens with zero attached hydrogens (tertiary/aromatic N) is 3. The van der Waals surface area contributed by atoms with Crippen LogP contribution in [-0.4, -0.2) is 56.6 Å². The number of nitrogens with one attached hydrogen (secondary N) is 1. The molecule has 186 valence electrons. The molecule has 0 aliphatic carbocycles. The Bertz CT molecular complexity index is 1470. The van der Waals surface area contributed by atoms with E-state index in [0.717, 1.165) is 22.9 Å². The van der Waals surface area contributed by atoms with E-state index in [2.05, 4.69) is 15.5 Å². The number of rotatable bonds is 6. The summed E-state index contributed by atoms with van der Waals surface area (Å²) in [6.45, 7) is 4.07. The third kappa shape index (κ3) is 5.29. The third-order valence-corrected chi connectivity index (χ3v) is 9.20. The van der Waals surface area contributed by atoms with Crippen LogP contribution in [0, 0.1) is 19.8 Å². The van der Waals surface area contributed by atoms with E-state index in [1.165, 1.54) is 28.6 Å². The number of hydrogen-bond acceptors (Lipinski definition) is 8. The summed E-state index contributed by atoms with van der Waals surface area (Å²) in [5, 5.41) is 10.5. The minimum atomic E-state index is -4.04. The maximum Gasteiger partial charge on any atom is 0.322 e. The lowest BCUT2D eigenvalue weighted by molar-refractivity contribution is -0.121. The monoisotopic (exact) mass is 518 g/mol. The number of aryl methyl sites for hydroxylation is 2. The number of carbonyl (C=O) groups is 1. The van der Waals surface area contributed by atoms with Gasteiger partial charge in [0.25, 0.3) is 0 Å². The summed E-state index contributed by atoms with van der Waals surface area (Å²) < 4.78 is 57.2. The molecule has 0 radical (unpaired) electrons. The van der Waals surface area contributed by atoms with Gasteiger partial charge in [-0.25, -0.2) is 16.8 Å². The summed E-state index contributed by atoms with van der Waals surface area (Å²) in [7, 11) is -7.77. The van der Waals surface area contributed by atoms with Gasteiger partial charge >= 0.3 is 6.01 Å². The van der Waals surface area contributed by atoms with Crippen LogP contribution < -0.4 is 5.32 Å². The summed E-state index contributed by atoms with van der Waals surface area (Å²) in [5.41, 5.74) is 2.85. The van der Waals surface area contributed by atoms with E-state index in [1.54, 1.807) is 0 Å². The molecule has 2 heterocycles. The minimum absolute atomic E-state index is 0.0258. The minimum Gasteiger partial charge on any atom is -0.403 e. The van der Waals surface area contributed by atoms with Crippen LogP contribution in [0.15, 0.2) is 56.7 Å². The van der Waals surface area contributed by atoms with Gasteiger partial charge in [-0.05, 0) is 50.5 Å². The third-order valence-electron chi connectivity index (χ3n) is 5.96. The summed E-state index contributed by atoms with van der Waals surface area (Å²) in [6.07, 6.45) is 1.51. The van der Waals surface area contributed by atoms with Gasteiger partial charge in [-0.3, -0.25) is 10.1 Å². The van der Waals surface area contributed by atoms with Crippen molar-refractivity contribution in [2.24, 2.45) is 5.92 Å². The van der Waals surface area contributed by atoms with Crippen molar-refractivity contribution in [2.75, 3.05) is 24.7 Å². The highest BCUT2D eigenvalue weighted by Gasteiger charge is 2.35. The standard InChI is InChI=1S/C23H26N4O6S2/c1-15-8-9-18(16(2)14-15)22-25-26-23(33-22)24-21(28)17-10-12-27(13-11-17)35(31,32)20-7-5-4-6-19(20)34(3,29)30/h4-9,14,17H,10-13H2,1-3H3,(H,24,26,28). The number of hydrogen-bond donors (Lipinski definition) is 1. The molecular formula is C23H26N4O6S2. The Hall–Kier alpha value is -3.09. The van der Waals surface area contributed by atoms with E-state index < -0.39 is 25.8 Å². The molecule has 1 fully saturated rings. The van der Waals surface area contributed by atoms with Crippen LogP contribution >= 0.6 is 0 Å². The Morgan fingerprint density at radius 1 is 1.00 bits per heavy atom. The number of benzene rings is 2. The fourth-order valence-electron chi connectivity index (χ4n) is 4.11. The molecule has 0 unspecified atom stereocenters. The number of sulfonamides is 1. The lowest BCUT2D eigenvalue weighted by atomic mass is 9.97. The fraction of sp³-hybridized carbons (Fsp3) is 0.348. The fourth-order valence-corrected chi connectivity index (χ4v) is 7.18. The number of aromatic nitrogens is 2. The molecule has 1 N–H and O–H groups in total. The van der Waals surface area contributed by atoms with Gasteiger partial charge in [-0.15, -0.1) is 5.10 Å². The molecule has 1 aliphatic rings. The predicted octanol–water partition coefficient (Wildman–Crippen LogP) is 2.80. The average Bonchev–Trinajstić information content (AvgIpc) is 3.26. The summed E-state index contributed by atoms with van der Waals surface area (Å²) in [4.78, 5) is 12.3. The summed E-state index contributed by atoms with van der Waals surface area (Å²) in [5.74, 6) is -0.499. The van der Waals surface area contributed by atoms with Gasteiger partial charge in [0.15, 0.2) is 9.84 Å². The Balaban J connectivity index is 1.42. The first-order valence-corrected chi connectivity index (χ1v) is 14.3. The van der Waals surface area contributed by atoms with Crippen LogP contribution in [0.1, 0.15) is 24.0 Å². The van der Waals surface area contributed by atoms with Gasteiger partial charge in [0.05, 0.1) is 4.90 Å². The second-order valence-corrected chi connectivity index (χ2v) is 12.5. The lowest BCUT2D eigenvalue weighted by Crippen LogP contribution is -2.41. The van der Waals surface area contributed by atoms with E-state index >= 15 is 0 Å². The van der Waals surface area contributed by atoms with Gasteiger partial charge in [0, 0.05) is 30.8 Å². The molecule has 35 heavy (non-hydrogen) atoms. The zero-order chi connectivity index (χ0) is 25.4. The van der Waals surface area contributed by atoms with Crippen molar-refractivity contribution in [3.63, 3.8) is 0 Å². The molecule has 0 saturated carbocycles. The lowest BCUT2D eigenvalue weighted by Gasteiger charge is -2.30. The molecule has 10 nitrogen and oxygen atoms in total. The quantitative estimate of drug-likeness (QED) is 0.525. The first-order chi connectivity index (χ1) is 16.5. The van der Waals surface area contributed by atoms with E-state index in [-0.39, 0.29) is 47.6 Å². The van der Waals surface area contributed by atoms with Crippen molar-refractivity contribution >= 4 is 31.8 Å². The van der Waals surface area contributed by atoms with Crippen molar-refractivity contribution in [1.82, 2.24) is 14.5 Å². The van der Waals surface area contributed by atoms with Gasteiger partial charge in [0.1, 0.15) is 4.90 Å². The van der Waals surface area contributed by atoms with E-state index in [1.807, 2.05) is 32.0 Å². The van der Waals surface area contributed by atoms with Crippen LogP contribution in [0.3, 0.4) is 0 Å². The van der Waals surface area contributed by atoms with E-state index in [0.29, 0.717) is 5.89 Å². The molecule has 1 aliphatic heterocycles. The maximum absolute atomic E-state index is 13.1.